The second-order valence-electron chi connectivity index (χ2n) is 7.94. The summed E-state index contributed by atoms with van der Waals surface area (Å²) in [5, 5.41) is 2.88. The van der Waals surface area contributed by atoms with E-state index in [1.165, 1.54) is 4.90 Å². The molecule has 1 fully saturated rings. The number of anilines is 1. The minimum atomic E-state index is -0.840. The molecule has 7 heteroatoms. The number of methoxy groups -OCH3 is 1. The Kier molecular flexibility index (Phi) is 4.97. The van der Waals surface area contributed by atoms with E-state index >= 15 is 0 Å². The maximum absolute atomic E-state index is 13.2. The number of carbonyl (C=O) groups excluding carboxylic acids is 3. The van der Waals surface area contributed by atoms with E-state index in [4.69, 9.17) is 4.74 Å². The third kappa shape index (κ3) is 3.20. The first-order valence-corrected chi connectivity index (χ1v) is 9.99. The lowest BCUT2D eigenvalue weighted by atomic mass is 9.98. The maximum atomic E-state index is 13.2. The molecule has 156 valence electrons. The molecular weight excluding hydrogens is 382 g/mol. The van der Waals surface area contributed by atoms with Gasteiger partial charge in [0.2, 0.25) is 11.8 Å². The molecule has 7 nitrogen and oxygen atoms in total. The molecule has 0 radical (unpaired) electrons. The third-order valence-electron chi connectivity index (χ3n) is 6.01. The average molecular weight is 407 g/mol. The Morgan fingerprint density at radius 3 is 2.73 bits per heavy atom. The van der Waals surface area contributed by atoms with Crippen molar-refractivity contribution in [1.82, 2.24) is 10.2 Å². The second-order valence-corrected chi connectivity index (χ2v) is 7.94. The highest BCUT2D eigenvalue weighted by molar-refractivity contribution is 6.11. The first-order valence-electron chi connectivity index (χ1n) is 9.99. The fraction of sp³-hybridized carbons (Fsp3) is 0.348. The minimum Gasteiger partial charge on any atom is -0.496 e. The van der Waals surface area contributed by atoms with E-state index in [2.05, 4.69) is 5.32 Å². The van der Waals surface area contributed by atoms with Gasteiger partial charge < -0.3 is 15.0 Å². The molecule has 2 aromatic rings. The Morgan fingerprint density at radius 2 is 1.97 bits per heavy atom. The van der Waals surface area contributed by atoms with Crippen LogP contribution >= 0.6 is 0 Å². The highest BCUT2D eigenvalue weighted by Crippen LogP contribution is 2.43. The molecule has 0 aliphatic carbocycles. The number of rotatable bonds is 5. The number of para-hydroxylation sites is 1. The summed E-state index contributed by atoms with van der Waals surface area (Å²) in [6, 6.07) is 12.8. The van der Waals surface area contributed by atoms with E-state index < -0.39 is 5.66 Å². The van der Waals surface area contributed by atoms with Crippen molar-refractivity contribution in [3.63, 3.8) is 0 Å². The Hall–Kier alpha value is -3.35. The van der Waals surface area contributed by atoms with E-state index in [0.717, 1.165) is 16.9 Å². The topological polar surface area (TPSA) is 79.0 Å². The van der Waals surface area contributed by atoms with Crippen LogP contribution in [0.1, 0.15) is 41.3 Å². The monoisotopic (exact) mass is 407 g/mol. The lowest BCUT2D eigenvalue weighted by molar-refractivity contribution is -0.124. The van der Waals surface area contributed by atoms with Crippen LogP contribution in [0.15, 0.2) is 42.5 Å². The molecule has 0 bridgehead atoms. The van der Waals surface area contributed by atoms with E-state index in [1.807, 2.05) is 38.1 Å². The number of hydrogen-bond donors (Lipinski definition) is 1. The number of nitrogens with zero attached hydrogens (tertiary/aromatic N) is 2. The van der Waals surface area contributed by atoms with Gasteiger partial charge in [-0.15, -0.1) is 0 Å². The molecule has 2 aromatic carbocycles. The van der Waals surface area contributed by atoms with Crippen LogP contribution in [-0.4, -0.2) is 41.9 Å². The second kappa shape index (κ2) is 7.48. The number of amides is 3. The smallest absolute Gasteiger partial charge is 0.258 e. The molecule has 3 amide bonds. The summed E-state index contributed by atoms with van der Waals surface area (Å²) in [6.07, 6.45) is 0.841. The largest absolute Gasteiger partial charge is 0.496 e. The van der Waals surface area contributed by atoms with Gasteiger partial charge in [-0.1, -0.05) is 24.3 Å². The van der Waals surface area contributed by atoms with Crippen molar-refractivity contribution in [2.24, 2.45) is 0 Å². The van der Waals surface area contributed by atoms with Gasteiger partial charge in [0, 0.05) is 13.0 Å². The predicted molar refractivity (Wildman–Crippen MR) is 112 cm³/mol. The fourth-order valence-corrected chi connectivity index (χ4v) is 4.32. The Morgan fingerprint density at radius 1 is 1.20 bits per heavy atom. The van der Waals surface area contributed by atoms with Gasteiger partial charge in [0.05, 0.1) is 18.4 Å². The van der Waals surface area contributed by atoms with Crippen molar-refractivity contribution in [3.05, 3.63) is 59.2 Å². The van der Waals surface area contributed by atoms with E-state index in [1.54, 1.807) is 30.2 Å². The molecule has 1 saturated heterocycles. The highest BCUT2D eigenvalue weighted by Gasteiger charge is 2.53. The zero-order valence-corrected chi connectivity index (χ0v) is 17.4. The van der Waals surface area contributed by atoms with Crippen LogP contribution in [0, 0.1) is 6.92 Å². The molecule has 4 rings (SSSR count). The Bertz CT molecular complexity index is 1030. The van der Waals surface area contributed by atoms with Crippen LogP contribution in [0.4, 0.5) is 5.69 Å². The zero-order valence-electron chi connectivity index (χ0n) is 17.4. The van der Waals surface area contributed by atoms with E-state index in [0.29, 0.717) is 30.6 Å². The van der Waals surface area contributed by atoms with Crippen LogP contribution in [-0.2, 0) is 16.1 Å². The molecule has 2 aliphatic rings. The summed E-state index contributed by atoms with van der Waals surface area (Å²) >= 11 is 0. The quantitative estimate of drug-likeness (QED) is 0.826. The molecule has 0 saturated carbocycles. The van der Waals surface area contributed by atoms with Gasteiger partial charge in [0.15, 0.2) is 0 Å². The molecule has 30 heavy (non-hydrogen) atoms. The van der Waals surface area contributed by atoms with E-state index in [-0.39, 0.29) is 24.3 Å². The van der Waals surface area contributed by atoms with Crippen molar-refractivity contribution in [2.75, 3.05) is 18.6 Å². The number of fused-ring (bicyclic) bond motifs is 3. The number of carbonyl (C=O) groups is 3. The van der Waals surface area contributed by atoms with Crippen molar-refractivity contribution < 1.29 is 19.1 Å². The first kappa shape index (κ1) is 19.9. The van der Waals surface area contributed by atoms with Gasteiger partial charge in [0.1, 0.15) is 18.0 Å². The standard InChI is InChI=1S/C23H25N3O4/c1-15-8-9-16(12-19(15)30-3)13-24-20(27)14-25-22(29)17-6-4-5-7-18(17)26-21(28)10-11-23(25,26)2/h4-9,12H,10-11,13-14H2,1-3H3,(H,24,27). The maximum Gasteiger partial charge on any atom is 0.258 e. The van der Waals surface area contributed by atoms with Crippen molar-refractivity contribution in [2.45, 2.75) is 38.9 Å². The normalized spacial score (nSPS) is 20.1. The van der Waals surface area contributed by atoms with Crippen molar-refractivity contribution in [3.8, 4) is 5.75 Å². The Balaban J connectivity index is 1.53. The molecule has 2 aliphatic heterocycles. The number of hydrogen-bond acceptors (Lipinski definition) is 4. The molecule has 1 unspecified atom stereocenters. The molecular formula is C23H25N3O4. The molecule has 0 spiro atoms. The summed E-state index contributed by atoms with van der Waals surface area (Å²) in [5.41, 5.74) is 2.15. The zero-order chi connectivity index (χ0) is 21.5. The van der Waals surface area contributed by atoms with Gasteiger partial charge in [-0.25, -0.2) is 0 Å². The lowest BCUT2D eigenvalue weighted by Gasteiger charge is -2.48. The lowest BCUT2D eigenvalue weighted by Crippen LogP contribution is -2.63. The molecule has 2 heterocycles. The van der Waals surface area contributed by atoms with Gasteiger partial charge in [0.25, 0.3) is 5.91 Å². The number of ether oxygens (including phenoxy) is 1. The molecule has 1 atom stereocenters. The van der Waals surface area contributed by atoms with Crippen LogP contribution in [0.5, 0.6) is 5.75 Å². The summed E-state index contributed by atoms with van der Waals surface area (Å²) < 4.78 is 5.33. The highest BCUT2D eigenvalue weighted by atomic mass is 16.5. The average Bonchev–Trinajstić information content (AvgIpc) is 3.06. The summed E-state index contributed by atoms with van der Waals surface area (Å²) in [6.45, 7) is 4.02. The molecule has 0 aromatic heterocycles. The van der Waals surface area contributed by atoms with Gasteiger partial charge in [-0.3, -0.25) is 19.3 Å². The number of benzene rings is 2. The van der Waals surface area contributed by atoms with E-state index in [9.17, 15) is 14.4 Å². The van der Waals surface area contributed by atoms with Gasteiger partial charge >= 0.3 is 0 Å². The minimum absolute atomic E-state index is 0.0328. The van der Waals surface area contributed by atoms with Crippen LogP contribution in [0.25, 0.3) is 0 Å². The number of aryl methyl sites for hydroxylation is 1. The van der Waals surface area contributed by atoms with Crippen molar-refractivity contribution in [1.29, 1.82) is 0 Å². The van der Waals surface area contributed by atoms with Crippen molar-refractivity contribution >= 4 is 23.4 Å². The molecule has 1 N–H and O–H groups in total. The van der Waals surface area contributed by atoms with Gasteiger partial charge in [-0.05, 0) is 49.6 Å². The third-order valence-corrected chi connectivity index (χ3v) is 6.01. The van der Waals surface area contributed by atoms with Crippen LogP contribution < -0.4 is 15.0 Å². The SMILES string of the molecule is COc1cc(CNC(=O)CN2C(=O)c3ccccc3N3C(=O)CCC23C)ccc1C. The predicted octanol–water partition coefficient (Wildman–Crippen LogP) is 2.62. The summed E-state index contributed by atoms with van der Waals surface area (Å²) in [4.78, 5) is 41.7. The van der Waals surface area contributed by atoms with Crippen LogP contribution in [0.3, 0.4) is 0 Å². The Labute approximate surface area is 175 Å². The fourth-order valence-electron chi connectivity index (χ4n) is 4.32. The van der Waals surface area contributed by atoms with Gasteiger partial charge in [-0.2, -0.15) is 0 Å². The summed E-state index contributed by atoms with van der Waals surface area (Å²) in [5.74, 6) is 0.223. The first-order chi connectivity index (χ1) is 14.3. The van der Waals surface area contributed by atoms with Crippen LogP contribution in [0.2, 0.25) is 0 Å². The summed E-state index contributed by atoms with van der Waals surface area (Å²) in [7, 11) is 1.61. The number of nitrogens with one attached hydrogen (secondary N) is 1.